The van der Waals surface area contributed by atoms with Gasteiger partial charge in [0.1, 0.15) is 18.1 Å². The summed E-state index contributed by atoms with van der Waals surface area (Å²) < 4.78 is 14.7. The molecule has 170 valence electrons. The zero-order valence-corrected chi connectivity index (χ0v) is 27.0. The molecule has 0 amide bonds. The summed E-state index contributed by atoms with van der Waals surface area (Å²) in [5.41, 5.74) is 1.99. The molecule has 2 aromatic carbocycles. The number of hydrogen-bond acceptors (Lipinski definition) is 3. The first kappa shape index (κ1) is 31.4. The van der Waals surface area contributed by atoms with Gasteiger partial charge in [-0.1, -0.05) is 28.2 Å². The summed E-state index contributed by atoms with van der Waals surface area (Å²) in [5.74, 6) is 1.47. The Balaban J connectivity index is 0.00000272. The maximum atomic E-state index is 9.75. The van der Waals surface area contributed by atoms with Crippen molar-refractivity contribution in [2.24, 2.45) is 0 Å². The van der Waals surface area contributed by atoms with Crippen molar-refractivity contribution in [3.05, 3.63) is 53.3 Å². The molecule has 0 aromatic heterocycles. The molecule has 0 heterocycles. The van der Waals surface area contributed by atoms with Crippen LogP contribution in [0.25, 0.3) is 0 Å². The van der Waals surface area contributed by atoms with E-state index in [2.05, 4.69) is 139 Å². The molecular formula is C21H26Br4I2O3. The fourth-order valence-corrected chi connectivity index (χ4v) is 5.56. The number of ether oxygens (including phenoxy) is 2. The third-order valence-electron chi connectivity index (χ3n) is 4.54. The van der Waals surface area contributed by atoms with Gasteiger partial charge in [-0.3, -0.25) is 0 Å². The summed E-state index contributed by atoms with van der Waals surface area (Å²) >= 11 is 18.6. The maximum Gasteiger partial charge on any atom is 0.147 e. The normalized spacial score (nSPS) is 11.7. The molecule has 0 aliphatic carbocycles. The van der Waals surface area contributed by atoms with Crippen molar-refractivity contribution in [2.45, 2.75) is 46.1 Å². The topological polar surface area (TPSA) is 38.7 Å². The first-order chi connectivity index (χ1) is 13.6. The quantitative estimate of drug-likeness (QED) is 0.282. The lowest BCUT2D eigenvalue weighted by atomic mass is 9.78. The van der Waals surface area contributed by atoms with Crippen LogP contribution in [0.3, 0.4) is 0 Å². The Morgan fingerprint density at radius 3 is 1.60 bits per heavy atom. The zero-order valence-electron chi connectivity index (χ0n) is 16.3. The lowest BCUT2D eigenvalue weighted by Gasteiger charge is -2.28. The van der Waals surface area contributed by atoms with Gasteiger partial charge < -0.3 is 14.6 Å². The van der Waals surface area contributed by atoms with Gasteiger partial charge >= 0.3 is 0 Å². The largest absolute Gasteiger partial charge is 0.494 e. The Hall–Kier alpha value is 1.38. The second-order valence-electron chi connectivity index (χ2n) is 6.74. The van der Waals surface area contributed by atoms with Crippen LogP contribution in [0.15, 0.2) is 42.2 Å². The predicted octanol–water partition coefficient (Wildman–Crippen LogP) is 9.63. The number of methoxy groups -OCH3 is 1. The highest BCUT2D eigenvalue weighted by Crippen LogP contribution is 2.43. The Morgan fingerprint density at radius 2 is 1.27 bits per heavy atom. The van der Waals surface area contributed by atoms with Crippen LogP contribution in [0.1, 0.15) is 45.7 Å². The molecule has 3 nitrogen and oxygen atoms in total. The van der Waals surface area contributed by atoms with E-state index >= 15 is 0 Å². The molecule has 0 aliphatic heterocycles. The van der Waals surface area contributed by atoms with Crippen LogP contribution in [0.2, 0.25) is 0 Å². The Labute approximate surface area is 237 Å². The van der Waals surface area contributed by atoms with Gasteiger partial charge in [-0.2, -0.15) is 0 Å². The summed E-state index contributed by atoms with van der Waals surface area (Å²) in [6.45, 7) is 6.52. The van der Waals surface area contributed by atoms with E-state index in [0.29, 0.717) is 12.2 Å². The first-order valence-corrected chi connectivity index (χ1v) is 18.1. The Morgan fingerprint density at radius 1 is 0.900 bits per heavy atom. The average Bonchev–Trinajstić information content (AvgIpc) is 2.68. The van der Waals surface area contributed by atoms with Crippen molar-refractivity contribution in [3.8, 4) is 11.5 Å². The monoisotopic (exact) mass is 896 g/mol. The molecule has 0 spiro atoms. The highest BCUT2D eigenvalue weighted by molar-refractivity contribution is 15.0. The third-order valence-corrected chi connectivity index (χ3v) is 6.89. The van der Waals surface area contributed by atoms with Crippen molar-refractivity contribution in [2.75, 3.05) is 13.7 Å². The van der Waals surface area contributed by atoms with Crippen LogP contribution < -0.4 is 9.47 Å². The van der Waals surface area contributed by atoms with E-state index in [1.807, 2.05) is 6.92 Å². The van der Waals surface area contributed by atoms with Crippen LogP contribution >= 0.6 is 101 Å². The van der Waals surface area contributed by atoms with Crippen molar-refractivity contribution in [1.29, 1.82) is 0 Å². The molecule has 2 aromatic rings. The highest BCUT2D eigenvalue weighted by atomic mass is 128. The molecule has 0 saturated heterocycles. The minimum Gasteiger partial charge on any atom is -0.494 e. The second kappa shape index (κ2) is 14.6. The van der Waals surface area contributed by atoms with E-state index in [1.54, 1.807) is 7.11 Å². The number of hydrogen-bond donors (Lipinski definition) is 1. The molecule has 9 heteroatoms. The van der Waals surface area contributed by atoms with Gasteiger partial charge in [0.25, 0.3) is 0 Å². The minimum atomic E-state index is -0.478. The molecular weight excluding hydrogens is 874 g/mol. The van der Waals surface area contributed by atoms with Gasteiger partial charge in [-0.15, -0.1) is 0 Å². The van der Waals surface area contributed by atoms with E-state index in [4.69, 9.17) is 9.47 Å². The lowest BCUT2D eigenvalue weighted by Crippen LogP contribution is -2.20. The third kappa shape index (κ3) is 8.00. The van der Waals surface area contributed by atoms with Crippen LogP contribution in [0.4, 0.5) is 0 Å². The van der Waals surface area contributed by atoms with E-state index in [-0.39, 0.29) is 19.4 Å². The predicted molar refractivity (Wildman–Crippen MR) is 159 cm³/mol. The molecule has 2 rings (SSSR count). The molecule has 30 heavy (non-hydrogen) atoms. The van der Waals surface area contributed by atoms with Crippen LogP contribution in [-0.2, 0) is 5.41 Å². The number of aliphatic hydroxyl groups is 1. The first-order valence-electron chi connectivity index (χ1n) is 8.60. The second-order valence-corrected chi connectivity index (χ2v) is 10.2. The van der Waals surface area contributed by atoms with Crippen LogP contribution in [0, 0.1) is 0 Å². The smallest absolute Gasteiger partial charge is 0.147 e. The van der Waals surface area contributed by atoms with Gasteiger partial charge in [0.2, 0.25) is 0 Å². The SMILES string of the molecule is C.CCC(O)COc1c(Br)cc(C(C)(C)c2cc(Br)c(OC)c(Br)c2)cc1Br.II. The zero-order chi connectivity index (χ0) is 22.4. The number of benzene rings is 2. The number of aliphatic hydroxyl groups excluding tert-OH is 1. The molecule has 0 bridgehead atoms. The van der Waals surface area contributed by atoms with E-state index in [9.17, 15) is 5.11 Å². The van der Waals surface area contributed by atoms with E-state index < -0.39 is 6.10 Å². The van der Waals surface area contributed by atoms with E-state index in [0.717, 1.165) is 34.8 Å². The van der Waals surface area contributed by atoms with Crippen molar-refractivity contribution >= 4 is 101 Å². The maximum absolute atomic E-state index is 9.75. The van der Waals surface area contributed by atoms with Crippen LogP contribution in [-0.4, -0.2) is 24.9 Å². The number of halogens is 6. The minimum absolute atomic E-state index is 0. The van der Waals surface area contributed by atoms with Gasteiger partial charge in [0.05, 0.1) is 31.1 Å². The van der Waals surface area contributed by atoms with E-state index in [1.165, 1.54) is 0 Å². The van der Waals surface area contributed by atoms with Crippen molar-refractivity contribution < 1.29 is 14.6 Å². The molecule has 0 fully saturated rings. The fourth-order valence-electron chi connectivity index (χ4n) is 2.64. The van der Waals surface area contributed by atoms with Gasteiger partial charge in [0, 0.05) is 42.6 Å². The highest BCUT2D eigenvalue weighted by Gasteiger charge is 2.27. The fraction of sp³-hybridized carbons (Fsp3) is 0.429. The Bertz CT molecular complexity index is 786. The Kier molecular flexibility index (Phi) is 15.3. The van der Waals surface area contributed by atoms with Gasteiger partial charge in [-0.05, 0) is 106 Å². The average molecular weight is 900 g/mol. The molecule has 1 atom stereocenters. The molecule has 0 radical (unpaired) electrons. The van der Waals surface area contributed by atoms with Gasteiger partial charge in [0.15, 0.2) is 0 Å². The molecule has 1 N–H and O–H groups in total. The van der Waals surface area contributed by atoms with Crippen LogP contribution in [0.5, 0.6) is 11.5 Å². The summed E-state index contributed by atoms with van der Waals surface area (Å²) in [5, 5.41) is 9.75. The summed E-state index contributed by atoms with van der Waals surface area (Å²) in [7, 11) is 1.65. The standard InChI is InChI=1S/C20H22Br4O3.CH4.I2/c1-5-13(25)10-27-19-16(23)8-12(9-17(19)24)20(2,3)11-6-14(21)18(26-4)15(22)7-11;;1-2/h6-9,13,25H,5,10H2,1-4H3;1H4;. The lowest BCUT2D eigenvalue weighted by molar-refractivity contribution is 0.103. The summed E-state index contributed by atoms with van der Waals surface area (Å²) in [6.07, 6.45) is 0.176. The molecule has 1 unspecified atom stereocenters. The molecule has 0 aliphatic rings. The van der Waals surface area contributed by atoms with Gasteiger partial charge in [-0.25, -0.2) is 0 Å². The summed E-state index contributed by atoms with van der Waals surface area (Å²) in [6, 6.07) is 8.27. The van der Waals surface area contributed by atoms with Crippen molar-refractivity contribution in [1.82, 2.24) is 0 Å². The molecule has 0 saturated carbocycles. The number of rotatable bonds is 7. The van der Waals surface area contributed by atoms with Crippen molar-refractivity contribution in [3.63, 3.8) is 0 Å². The summed E-state index contributed by atoms with van der Waals surface area (Å²) in [4.78, 5) is 0.